The number of carbonyl (C=O) groups is 2. The van der Waals surface area contributed by atoms with Crippen LogP contribution in [0.15, 0.2) is 73.1 Å². The van der Waals surface area contributed by atoms with Crippen molar-refractivity contribution in [1.29, 1.82) is 0 Å². The standard InChI is InChI=1S/C26H17ClN4O5/c1-15-21(25(33)31(28-15)18-7-5-6-16(27)12-18)22-23(29-10-3-2-4-11-29)26(34)30(24(22)32)17-8-9-19-20(13-17)36-14-35-19/h2-13H,14H2,1H3. The Balaban J connectivity index is 1.54. The van der Waals surface area contributed by atoms with E-state index in [4.69, 9.17) is 21.1 Å². The highest BCUT2D eigenvalue weighted by Crippen LogP contribution is 2.41. The van der Waals surface area contributed by atoms with Crippen LogP contribution in [0.2, 0.25) is 5.02 Å². The van der Waals surface area contributed by atoms with Crippen LogP contribution in [0.3, 0.4) is 0 Å². The molecular formula is C26H17ClN4O5. The summed E-state index contributed by atoms with van der Waals surface area (Å²) in [6.07, 6.45) is 3.29. The molecule has 6 rings (SSSR count). The summed E-state index contributed by atoms with van der Waals surface area (Å²) in [5, 5.41) is 18.4. The van der Waals surface area contributed by atoms with Gasteiger partial charge >= 0.3 is 5.91 Å². The number of imide groups is 1. The summed E-state index contributed by atoms with van der Waals surface area (Å²) in [4.78, 5) is 28.7. The minimum Gasteiger partial charge on any atom is -0.858 e. The molecule has 36 heavy (non-hydrogen) atoms. The number of amides is 2. The minimum absolute atomic E-state index is 0.0374. The summed E-state index contributed by atoms with van der Waals surface area (Å²) in [5.74, 6) is -0.822. The molecule has 0 saturated heterocycles. The highest BCUT2D eigenvalue weighted by Gasteiger charge is 2.47. The Hall–Kier alpha value is -4.63. The van der Waals surface area contributed by atoms with Gasteiger partial charge in [0.05, 0.1) is 17.1 Å². The van der Waals surface area contributed by atoms with Gasteiger partial charge in [-0.05, 0) is 43.1 Å². The smallest absolute Gasteiger partial charge is 0.331 e. The molecule has 4 heterocycles. The average Bonchev–Trinajstić information content (AvgIpc) is 3.53. The molecule has 0 radical (unpaired) electrons. The fourth-order valence-electron chi connectivity index (χ4n) is 4.37. The zero-order valence-electron chi connectivity index (χ0n) is 18.8. The largest absolute Gasteiger partial charge is 0.858 e. The first-order chi connectivity index (χ1) is 17.4. The number of pyridine rings is 1. The summed E-state index contributed by atoms with van der Waals surface area (Å²) in [6.45, 7) is 1.68. The summed E-state index contributed by atoms with van der Waals surface area (Å²) in [7, 11) is 0. The van der Waals surface area contributed by atoms with Gasteiger partial charge in [-0.15, -0.1) is 0 Å². The van der Waals surface area contributed by atoms with Crippen LogP contribution in [-0.4, -0.2) is 28.4 Å². The van der Waals surface area contributed by atoms with Crippen molar-refractivity contribution >= 4 is 40.4 Å². The lowest BCUT2D eigenvalue weighted by atomic mass is 10.0. The fraction of sp³-hybridized carbons (Fsp3) is 0.0769. The molecule has 0 spiro atoms. The lowest BCUT2D eigenvalue weighted by Gasteiger charge is -2.16. The van der Waals surface area contributed by atoms with Gasteiger partial charge in [0, 0.05) is 28.8 Å². The highest BCUT2D eigenvalue weighted by molar-refractivity contribution is 6.53. The topological polar surface area (TPSA) is 101 Å². The third-order valence-electron chi connectivity index (χ3n) is 5.97. The van der Waals surface area contributed by atoms with Gasteiger partial charge in [0.2, 0.25) is 6.79 Å². The second kappa shape index (κ2) is 8.24. The van der Waals surface area contributed by atoms with E-state index in [1.807, 2.05) is 0 Å². The van der Waals surface area contributed by atoms with Crippen molar-refractivity contribution in [3.63, 3.8) is 0 Å². The number of ether oxygens (including phenoxy) is 2. The van der Waals surface area contributed by atoms with Crippen LogP contribution in [0.5, 0.6) is 17.4 Å². The van der Waals surface area contributed by atoms with E-state index < -0.39 is 17.7 Å². The molecule has 0 fully saturated rings. The van der Waals surface area contributed by atoms with Crippen molar-refractivity contribution in [2.45, 2.75) is 6.92 Å². The molecule has 4 aromatic rings. The number of halogens is 1. The van der Waals surface area contributed by atoms with Gasteiger partial charge in [-0.3, -0.25) is 9.59 Å². The van der Waals surface area contributed by atoms with Gasteiger partial charge in [0.15, 0.2) is 23.9 Å². The maximum atomic E-state index is 13.9. The van der Waals surface area contributed by atoms with E-state index in [0.29, 0.717) is 33.6 Å². The monoisotopic (exact) mass is 500 g/mol. The number of benzene rings is 2. The molecule has 0 aliphatic carbocycles. The number of hydrogen-bond acceptors (Lipinski definition) is 6. The molecule has 2 amide bonds. The van der Waals surface area contributed by atoms with E-state index in [1.165, 1.54) is 9.25 Å². The third kappa shape index (κ3) is 3.32. The van der Waals surface area contributed by atoms with Crippen molar-refractivity contribution in [2.24, 2.45) is 0 Å². The Kier molecular flexibility index (Phi) is 5.01. The molecule has 2 aliphatic heterocycles. The highest BCUT2D eigenvalue weighted by atomic mass is 35.5. The number of hydrogen-bond donors (Lipinski definition) is 0. The number of nitrogens with zero attached hydrogens (tertiary/aromatic N) is 4. The van der Waals surface area contributed by atoms with Crippen LogP contribution in [0, 0.1) is 6.92 Å². The molecule has 0 N–H and O–H groups in total. The first kappa shape index (κ1) is 21.9. The minimum atomic E-state index is -0.643. The van der Waals surface area contributed by atoms with Crippen molar-refractivity contribution < 1.29 is 28.7 Å². The predicted octanol–water partition coefficient (Wildman–Crippen LogP) is 2.87. The number of rotatable bonds is 4. The first-order valence-corrected chi connectivity index (χ1v) is 11.3. The van der Waals surface area contributed by atoms with E-state index in [9.17, 15) is 14.7 Å². The van der Waals surface area contributed by atoms with Gasteiger partial charge in [-0.2, -0.15) is 9.67 Å². The quantitative estimate of drug-likeness (QED) is 0.315. The fourth-order valence-corrected chi connectivity index (χ4v) is 4.55. The summed E-state index contributed by atoms with van der Waals surface area (Å²) < 4.78 is 13.5. The predicted molar refractivity (Wildman–Crippen MR) is 128 cm³/mol. The van der Waals surface area contributed by atoms with Crippen molar-refractivity contribution in [3.05, 3.63) is 89.3 Å². The summed E-state index contributed by atoms with van der Waals surface area (Å²) in [5.41, 5.74) is 1.10. The van der Waals surface area contributed by atoms with Crippen LogP contribution in [0.1, 0.15) is 11.3 Å². The third-order valence-corrected chi connectivity index (χ3v) is 6.20. The Morgan fingerprint density at radius 1 is 0.944 bits per heavy atom. The molecule has 178 valence electrons. The molecular weight excluding hydrogens is 484 g/mol. The molecule has 2 aliphatic rings. The van der Waals surface area contributed by atoms with Crippen LogP contribution in [0.25, 0.3) is 17.0 Å². The Bertz CT molecular complexity index is 1600. The van der Waals surface area contributed by atoms with Gasteiger partial charge in [-0.25, -0.2) is 9.58 Å². The molecule has 9 nitrogen and oxygen atoms in total. The first-order valence-electron chi connectivity index (χ1n) is 11.0. The molecule has 2 aromatic carbocycles. The van der Waals surface area contributed by atoms with Crippen molar-refractivity contribution in [1.82, 2.24) is 9.78 Å². The number of carbonyl (C=O) groups excluding carboxylic acids is 2. The van der Waals surface area contributed by atoms with Gasteiger partial charge in [0.1, 0.15) is 5.57 Å². The van der Waals surface area contributed by atoms with Gasteiger partial charge < -0.3 is 14.6 Å². The maximum Gasteiger partial charge on any atom is 0.331 e. The molecule has 0 saturated carbocycles. The van der Waals surface area contributed by atoms with Gasteiger partial charge in [0.25, 0.3) is 11.6 Å². The van der Waals surface area contributed by atoms with Crippen LogP contribution in [-0.2, 0) is 9.59 Å². The Morgan fingerprint density at radius 2 is 1.72 bits per heavy atom. The van der Waals surface area contributed by atoms with Gasteiger partial charge in [-0.1, -0.05) is 23.7 Å². The van der Waals surface area contributed by atoms with Crippen molar-refractivity contribution in [2.75, 3.05) is 11.7 Å². The Labute approximate surface area is 210 Å². The zero-order chi connectivity index (χ0) is 25.0. The Morgan fingerprint density at radius 3 is 2.50 bits per heavy atom. The van der Waals surface area contributed by atoms with Crippen LogP contribution < -0.4 is 24.0 Å². The van der Waals surface area contributed by atoms with E-state index >= 15 is 0 Å². The maximum absolute atomic E-state index is 13.9. The second-order valence-corrected chi connectivity index (χ2v) is 8.58. The van der Waals surface area contributed by atoms with Crippen LogP contribution in [0.4, 0.5) is 5.69 Å². The van der Waals surface area contributed by atoms with E-state index in [2.05, 4.69) is 5.10 Å². The zero-order valence-corrected chi connectivity index (χ0v) is 19.6. The lowest BCUT2D eigenvalue weighted by molar-refractivity contribution is -0.576. The summed E-state index contributed by atoms with van der Waals surface area (Å²) in [6, 6.07) is 16.7. The van der Waals surface area contributed by atoms with Crippen molar-refractivity contribution in [3.8, 4) is 23.1 Å². The average molecular weight is 501 g/mol. The van der Waals surface area contributed by atoms with E-state index in [1.54, 1.807) is 80.0 Å². The van der Waals surface area contributed by atoms with E-state index in [0.717, 1.165) is 4.90 Å². The number of anilines is 1. The van der Waals surface area contributed by atoms with Crippen LogP contribution >= 0.6 is 11.6 Å². The molecule has 0 unspecified atom stereocenters. The number of fused-ring (bicyclic) bond motifs is 1. The number of aryl methyl sites for hydroxylation is 1. The lowest BCUT2D eigenvalue weighted by Crippen LogP contribution is -2.39. The van der Waals surface area contributed by atoms with E-state index in [-0.39, 0.29) is 23.6 Å². The second-order valence-electron chi connectivity index (χ2n) is 8.15. The normalized spacial score (nSPS) is 14.8. The number of aromatic nitrogens is 3. The molecule has 2 aromatic heterocycles. The SMILES string of the molecule is Cc1nn(-c2cccc(Cl)c2)c([O-])c1C1=C([n+]2ccccc2)C(=O)N(c2ccc3c(c2)OCO3)C1=O. The molecule has 0 bridgehead atoms. The molecule has 10 heteroatoms. The summed E-state index contributed by atoms with van der Waals surface area (Å²) >= 11 is 6.11. The molecule has 0 atom stereocenters.